The van der Waals surface area contributed by atoms with Crippen LogP contribution in [0.2, 0.25) is 10.0 Å². The predicted octanol–water partition coefficient (Wildman–Crippen LogP) is 2.33. The Labute approximate surface area is 119 Å². The molecule has 0 saturated carbocycles. The third-order valence-electron chi connectivity index (χ3n) is 2.38. The second-order valence-corrected chi connectivity index (χ2v) is 4.69. The molecule has 100 valence electrons. The normalized spacial score (nSPS) is 12.2. The van der Waals surface area contributed by atoms with Crippen LogP contribution in [0, 0.1) is 0 Å². The van der Waals surface area contributed by atoms with Crippen molar-refractivity contribution >= 4 is 29.1 Å². The van der Waals surface area contributed by atoms with E-state index in [1.54, 1.807) is 6.07 Å². The fraction of sp³-hybridized carbons (Fsp3) is 0.167. The maximum atomic E-state index is 11.8. The van der Waals surface area contributed by atoms with Crippen LogP contribution in [0.15, 0.2) is 35.1 Å². The number of benzene rings is 1. The first-order valence-corrected chi connectivity index (χ1v) is 6.13. The number of nitrogens with zero attached hydrogens (tertiary/aromatic N) is 1. The first kappa shape index (κ1) is 13.9. The summed E-state index contributed by atoms with van der Waals surface area (Å²) in [4.78, 5) is 11.8. The Kier molecular flexibility index (Phi) is 4.42. The number of carbonyl (C=O) groups excluding carboxylic acids is 1. The van der Waals surface area contributed by atoms with Gasteiger partial charge in [0.1, 0.15) is 12.0 Å². The van der Waals surface area contributed by atoms with Gasteiger partial charge in [0.05, 0.1) is 6.54 Å². The van der Waals surface area contributed by atoms with E-state index in [1.807, 2.05) is 0 Å². The molecule has 1 unspecified atom stereocenters. The lowest BCUT2D eigenvalue weighted by atomic mass is 10.1. The first-order chi connectivity index (χ1) is 9.06. The highest BCUT2D eigenvalue weighted by Crippen LogP contribution is 2.23. The fourth-order valence-corrected chi connectivity index (χ4v) is 2.03. The minimum absolute atomic E-state index is 0.167. The van der Waals surface area contributed by atoms with E-state index >= 15 is 0 Å². The Morgan fingerprint density at radius 2 is 2.05 bits per heavy atom. The Balaban J connectivity index is 2.02. The topological polar surface area (TPSA) is 75.4 Å². The highest BCUT2D eigenvalue weighted by molar-refractivity contribution is 6.34. The van der Waals surface area contributed by atoms with Gasteiger partial charge in [-0.05, 0) is 23.8 Å². The molecule has 2 aromatic rings. The molecule has 0 radical (unpaired) electrons. The van der Waals surface area contributed by atoms with Crippen molar-refractivity contribution in [1.82, 2.24) is 10.5 Å². The number of nitrogens with one attached hydrogen (secondary N) is 1. The van der Waals surface area contributed by atoms with Crippen molar-refractivity contribution in [2.75, 3.05) is 0 Å². The number of rotatable bonds is 4. The van der Waals surface area contributed by atoms with Gasteiger partial charge in [0.15, 0.2) is 6.10 Å². The SMILES string of the molecule is O=C(NCc1ccon1)C(O)c1cc(Cl)cc(Cl)c1. The molecule has 7 heteroatoms. The van der Waals surface area contributed by atoms with Crippen molar-refractivity contribution in [1.29, 1.82) is 0 Å². The van der Waals surface area contributed by atoms with Crippen LogP contribution in [0.25, 0.3) is 0 Å². The molecule has 2 N–H and O–H groups in total. The van der Waals surface area contributed by atoms with Crippen LogP contribution in [-0.4, -0.2) is 16.2 Å². The second kappa shape index (κ2) is 6.06. The quantitative estimate of drug-likeness (QED) is 0.909. The maximum Gasteiger partial charge on any atom is 0.253 e. The average molecular weight is 301 g/mol. The average Bonchev–Trinajstić information content (AvgIpc) is 2.87. The van der Waals surface area contributed by atoms with Crippen molar-refractivity contribution in [2.45, 2.75) is 12.6 Å². The number of aliphatic hydroxyl groups excluding tert-OH is 1. The summed E-state index contributed by atoms with van der Waals surface area (Å²) in [6.45, 7) is 0.167. The monoisotopic (exact) mass is 300 g/mol. The van der Waals surface area contributed by atoms with Crippen LogP contribution >= 0.6 is 23.2 Å². The fourth-order valence-electron chi connectivity index (χ4n) is 1.49. The number of carbonyl (C=O) groups is 1. The van der Waals surface area contributed by atoms with E-state index in [4.69, 9.17) is 23.2 Å². The molecule has 0 bridgehead atoms. The highest BCUT2D eigenvalue weighted by Gasteiger charge is 2.18. The minimum atomic E-state index is -1.34. The van der Waals surface area contributed by atoms with Crippen LogP contribution in [0.5, 0.6) is 0 Å². The minimum Gasteiger partial charge on any atom is -0.378 e. The van der Waals surface area contributed by atoms with Gasteiger partial charge in [-0.25, -0.2) is 0 Å². The molecule has 2 rings (SSSR count). The van der Waals surface area contributed by atoms with Crippen LogP contribution < -0.4 is 5.32 Å². The molecule has 0 aliphatic rings. The molecule has 0 spiro atoms. The lowest BCUT2D eigenvalue weighted by molar-refractivity contribution is -0.129. The van der Waals surface area contributed by atoms with E-state index in [0.717, 1.165) is 0 Å². The summed E-state index contributed by atoms with van der Waals surface area (Å²) >= 11 is 11.6. The molecular weight excluding hydrogens is 291 g/mol. The van der Waals surface area contributed by atoms with Gasteiger partial charge in [-0.15, -0.1) is 0 Å². The zero-order valence-corrected chi connectivity index (χ0v) is 11.1. The van der Waals surface area contributed by atoms with E-state index in [1.165, 1.54) is 24.5 Å². The maximum absolute atomic E-state index is 11.8. The van der Waals surface area contributed by atoms with Gasteiger partial charge in [0, 0.05) is 16.1 Å². The van der Waals surface area contributed by atoms with Crippen molar-refractivity contribution in [3.05, 3.63) is 51.8 Å². The first-order valence-electron chi connectivity index (χ1n) is 5.37. The summed E-state index contributed by atoms with van der Waals surface area (Å²) < 4.78 is 4.62. The standard InChI is InChI=1S/C12H10Cl2N2O3/c13-8-3-7(4-9(14)5-8)11(17)12(18)15-6-10-1-2-19-16-10/h1-5,11,17H,6H2,(H,15,18). The summed E-state index contributed by atoms with van der Waals surface area (Å²) in [6, 6.07) is 6.09. The molecule has 19 heavy (non-hydrogen) atoms. The summed E-state index contributed by atoms with van der Waals surface area (Å²) in [6.07, 6.45) is 0.0531. The summed E-state index contributed by atoms with van der Waals surface area (Å²) in [5.74, 6) is -0.568. The van der Waals surface area contributed by atoms with Gasteiger partial charge in [-0.3, -0.25) is 4.79 Å². The van der Waals surface area contributed by atoms with Crippen molar-refractivity contribution in [3.8, 4) is 0 Å². The molecule has 1 amide bonds. The van der Waals surface area contributed by atoms with E-state index in [0.29, 0.717) is 21.3 Å². The Hall–Kier alpha value is -1.56. The van der Waals surface area contributed by atoms with Crippen LogP contribution in [-0.2, 0) is 11.3 Å². The van der Waals surface area contributed by atoms with Gasteiger partial charge in [0.2, 0.25) is 0 Å². The van der Waals surface area contributed by atoms with Gasteiger partial charge in [-0.1, -0.05) is 28.4 Å². The number of halogens is 2. The number of amides is 1. The Morgan fingerprint density at radius 3 is 2.63 bits per heavy atom. The molecule has 0 fully saturated rings. The zero-order valence-electron chi connectivity index (χ0n) is 9.64. The lowest BCUT2D eigenvalue weighted by Gasteiger charge is -2.11. The molecule has 5 nitrogen and oxygen atoms in total. The molecule has 1 heterocycles. The van der Waals surface area contributed by atoms with Crippen molar-refractivity contribution in [2.24, 2.45) is 0 Å². The van der Waals surface area contributed by atoms with Crippen molar-refractivity contribution in [3.63, 3.8) is 0 Å². The van der Waals surface area contributed by atoms with E-state index in [9.17, 15) is 9.90 Å². The Morgan fingerprint density at radius 1 is 1.37 bits per heavy atom. The molecule has 1 aromatic heterocycles. The zero-order chi connectivity index (χ0) is 13.8. The molecule has 0 aliphatic carbocycles. The van der Waals surface area contributed by atoms with E-state index in [2.05, 4.69) is 15.0 Å². The van der Waals surface area contributed by atoms with Gasteiger partial charge < -0.3 is 14.9 Å². The number of hydrogen-bond donors (Lipinski definition) is 2. The number of hydrogen-bond acceptors (Lipinski definition) is 4. The third kappa shape index (κ3) is 3.70. The van der Waals surface area contributed by atoms with Gasteiger partial charge in [-0.2, -0.15) is 0 Å². The second-order valence-electron chi connectivity index (χ2n) is 3.81. The Bertz CT molecular complexity index is 552. The summed E-state index contributed by atoms with van der Waals surface area (Å²) in [5.41, 5.74) is 0.889. The molecule has 0 aliphatic heterocycles. The summed E-state index contributed by atoms with van der Waals surface area (Å²) in [7, 11) is 0. The van der Waals surface area contributed by atoms with Gasteiger partial charge >= 0.3 is 0 Å². The number of aliphatic hydroxyl groups is 1. The molecular formula is C12H10Cl2N2O3. The lowest BCUT2D eigenvalue weighted by Crippen LogP contribution is -2.28. The van der Waals surface area contributed by atoms with Crippen LogP contribution in [0.1, 0.15) is 17.4 Å². The third-order valence-corrected chi connectivity index (χ3v) is 2.82. The predicted molar refractivity (Wildman–Crippen MR) is 69.8 cm³/mol. The number of aromatic nitrogens is 1. The van der Waals surface area contributed by atoms with Gasteiger partial charge in [0.25, 0.3) is 5.91 Å². The van der Waals surface area contributed by atoms with E-state index < -0.39 is 12.0 Å². The molecule has 0 saturated heterocycles. The van der Waals surface area contributed by atoms with Crippen LogP contribution in [0.4, 0.5) is 0 Å². The van der Waals surface area contributed by atoms with Crippen LogP contribution in [0.3, 0.4) is 0 Å². The molecule has 1 aromatic carbocycles. The van der Waals surface area contributed by atoms with E-state index in [-0.39, 0.29) is 6.54 Å². The van der Waals surface area contributed by atoms with Crippen molar-refractivity contribution < 1.29 is 14.4 Å². The smallest absolute Gasteiger partial charge is 0.253 e. The highest BCUT2D eigenvalue weighted by atomic mass is 35.5. The summed E-state index contributed by atoms with van der Waals surface area (Å²) in [5, 5.41) is 16.8. The molecule has 1 atom stereocenters. The largest absolute Gasteiger partial charge is 0.378 e.